The Hall–Kier alpha value is -2.68. The largest absolute Gasteiger partial charge is 0.420 e. The van der Waals surface area contributed by atoms with Gasteiger partial charge in [-0.05, 0) is 61.4 Å². The van der Waals surface area contributed by atoms with Gasteiger partial charge in [-0.2, -0.15) is 13.2 Å². The van der Waals surface area contributed by atoms with Crippen LogP contribution in [0.3, 0.4) is 0 Å². The van der Waals surface area contributed by atoms with E-state index in [0.717, 1.165) is 65.8 Å². The van der Waals surface area contributed by atoms with Gasteiger partial charge in [-0.15, -0.1) is 23.1 Å². The van der Waals surface area contributed by atoms with Gasteiger partial charge in [-0.1, -0.05) is 0 Å². The van der Waals surface area contributed by atoms with E-state index in [2.05, 4.69) is 20.6 Å². The Bertz CT molecular complexity index is 1590. The van der Waals surface area contributed by atoms with Crippen LogP contribution in [0, 0.1) is 0 Å². The highest BCUT2D eigenvalue weighted by Gasteiger charge is 2.41. The van der Waals surface area contributed by atoms with E-state index in [9.17, 15) is 26.4 Å². The van der Waals surface area contributed by atoms with Crippen LogP contribution in [0.15, 0.2) is 34.2 Å². The summed E-state index contributed by atoms with van der Waals surface area (Å²) in [6.45, 7) is 1.65. The lowest BCUT2D eigenvalue weighted by molar-refractivity contribution is -0.137. The zero-order valence-electron chi connectivity index (χ0n) is 20.8. The lowest BCUT2D eigenvalue weighted by atomic mass is 10.0. The van der Waals surface area contributed by atoms with Crippen molar-refractivity contribution >= 4 is 50.5 Å². The molecule has 4 heterocycles. The van der Waals surface area contributed by atoms with Crippen molar-refractivity contribution in [2.75, 3.05) is 30.4 Å². The summed E-state index contributed by atoms with van der Waals surface area (Å²) >= 11 is 2.22. The highest BCUT2D eigenvalue weighted by Crippen LogP contribution is 2.43. The maximum absolute atomic E-state index is 14.1. The quantitative estimate of drug-likeness (QED) is 0.409. The van der Waals surface area contributed by atoms with E-state index in [1.165, 1.54) is 16.7 Å². The molecule has 206 valence electrons. The van der Waals surface area contributed by atoms with Crippen molar-refractivity contribution in [2.24, 2.45) is 0 Å². The minimum Gasteiger partial charge on any atom is -0.334 e. The maximum atomic E-state index is 14.1. The number of carbonyl (C=O) groups excluding carboxylic acids is 1. The SMILES string of the molecule is CSc1cc2c(cc1Nc1ncc(C(F)(F)F)c(-c3cc4c(s3)C(=O)N(C3CC3)CCS4(=O)=O)n1)CCNC2. The predicted molar refractivity (Wildman–Crippen MR) is 143 cm³/mol. The van der Waals surface area contributed by atoms with Gasteiger partial charge in [0, 0.05) is 30.2 Å². The molecule has 1 saturated carbocycles. The van der Waals surface area contributed by atoms with E-state index < -0.39 is 33.2 Å². The van der Waals surface area contributed by atoms with E-state index >= 15 is 0 Å². The van der Waals surface area contributed by atoms with E-state index in [0.29, 0.717) is 11.9 Å². The van der Waals surface area contributed by atoms with Gasteiger partial charge >= 0.3 is 6.18 Å². The third-order valence-corrected chi connectivity index (χ3v) is 10.8. The molecule has 3 aromatic rings. The zero-order valence-corrected chi connectivity index (χ0v) is 23.2. The summed E-state index contributed by atoms with van der Waals surface area (Å²) in [5.41, 5.74) is 1.40. The van der Waals surface area contributed by atoms with Crippen molar-refractivity contribution in [3.63, 3.8) is 0 Å². The predicted octanol–water partition coefficient (Wildman–Crippen LogP) is 4.73. The third kappa shape index (κ3) is 5.03. The standard InChI is InChI=1S/C25H24F3N5O3S3/c1-37-18-9-14-11-29-5-4-13(14)8-17(18)31-24-30-12-16(25(26,27)28)21(32-24)19-10-20-22(38-19)23(34)33(15-2-3-15)6-7-39(20,35)36/h8-10,12,15,29H,2-7,11H2,1H3,(H,30,31,32). The zero-order chi connectivity index (χ0) is 27.5. The van der Waals surface area contributed by atoms with Crippen LogP contribution in [0.5, 0.6) is 0 Å². The monoisotopic (exact) mass is 595 g/mol. The number of rotatable bonds is 5. The molecule has 6 rings (SSSR count). The van der Waals surface area contributed by atoms with Crippen LogP contribution in [0.4, 0.5) is 24.8 Å². The fraction of sp³-hybridized carbons (Fsp3) is 0.400. The van der Waals surface area contributed by atoms with E-state index in [1.807, 2.05) is 18.4 Å². The summed E-state index contributed by atoms with van der Waals surface area (Å²) in [7, 11) is -3.86. The van der Waals surface area contributed by atoms with Gasteiger partial charge in [-0.3, -0.25) is 4.79 Å². The van der Waals surface area contributed by atoms with Crippen molar-refractivity contribution in [3.8, 4) is 10.6 Å². The molecule has 0 radical (unpaired) electrons. The second kappa shape index (κ2) is 9.75. The Morgan fingerprint density at radius 1 is 1.21 bits per heavy atom. The molecular formula is C25H24F3N5O3S3. The topological polar surface area (TPSA) is 104 Å². The summed E-state index contributed by atoms with van der Waals surface area (Å²) in [5, 5.41) is 6.39. The van der Waals surface area contributed by atoms with Crippen molar-refractivity contribution in [1.82, 2.24) is 20.2 Å². The van der Waals surface area contributed by atoms with Crippen molar-refractivity contribution in [1.29, 1.82) is 0 Å². The molecular weight excluding hydrogens is 572 g/mol. The molecule has 0 atom stereocenters. The Morgan fingerprint density at radius 3 is 2.72 bits per heavy atom. The van der Waals surface area contributed by atoms with Crippen LogP contribution in [0.25, 0.3) is 10.6 Å². The Morgan fingerprint density at radius 2 is 2.00 bits per heavy atom. The lowest BCUT2D eigenvalue weighted by Crippen LogP contribution is -2.34. The highest BCUT2D eigenvalue weighted by molar-refractivity contribution is 7.98. The Kier molecular flexibility index (Phi) is 6.63. The number of halogens is 3. The van der Waals surface area contributed by atoms with Crippen LogP contribution < -0.4 is 10.6 Å². The van der Waals surface area contributed by atoms with Gasteiger partial charge in [0.1, 0.15) is 10.4 Å². The number of sulfone groups is 1. The summed E-state index contributed by atoms with van der Waals surface area (Å²) in [6.07, 6.45) is 0.207. The molecule has 0 saturated heterocycles. The fourth-order valence-electron chi connectivity index (χ4n) is 4.90. The van der Waals surface area contributed by atoms with E-state index in [1.54, 1.807) is 0 Å². The molecule has 0 unspecified atom stereocenters. The molecule has 8 nitrogen and oxygen atoms in total. The van der Waals surface area contributed by atoms with Crippen molar-refractivity contribution < 1.29 is 26.4 Å². The second-order valence-electron chi connectivity index (χ2n) is 9.68. The lowest BCUT2D eigenvalue weighted by Gasteiger charge is -2.20. The molecule has 1 fully saturated rings. The molecule has 2 N–H and O–H groups in total. The van der Waals surface area contributed by atoms with Gasteiger partial charge < -0.3 is 15.5 Å². The molecule has 0 spiro atoms. The molecule has 1 amide bonds. The van der Waals surface area contributed by atoms with E-state index in [-0.39, 0.29) is 38.9 Å². The summed E-state index contributed by atoms with van der Waals surface area (Å²) in [4.78, 5) is 23.5. The maximum Gasteiger partial charge on any atom is 0.420 e. The normalized spacial score (nSPS) is 18.9. The molecule has 1 aliphatic carbocycles. The number of fused-ring (bicyclic) bond motifs is 2. The molecule has 14 heteroatoms. The molecule has 3 aliphatic rings. The number of thioether (sulfide) groups is 1. The van der Waals surface area contributed by atoms with Crippen molar-refractivity contribution in [3.05, 3.63) is 46.0 Å². The van der Waals surface area contributed by atoms with Crippen LogP contribution in [0.1, 0.15) is 39.2 Å². The Labute approximate surface area is 231 Å². The van der Waals surface area contributed by atoms with E-state index in [4.69, 9.17) is 0 Å². The summed E-state index contributed by atoms with van der Waals surface area (Å²) < 4.78 is 68.2. The first kappa shape index (κ1) is 26.5. The third-order valence-electron chi connectivity index (χ3n) is 7.06. The first-order chi connectivity index (χ1) is 18.5. The average Bonchev–Trinajstić information content (AvgIpc) is 3.64. The molecule has 0 bridgehead atoms. The molecule has 1 aromatic carbocycles. The van der Waals surface area contributed by atoms with Crippen LogP contribution in [-0.4, -0.2) is 60.3 Å². The minimum atomic E-state index is -4.79. The van der Waals surface area contributed by atoms with Gasteiger partial charge in [0.15, 0.2) is 9.84 Å². The number of alkyl halides is 3. The molecule has 39 heavy (non-hydrogen) atoms. The van der Waals surface area contributed by atoms with Crippen LogP contribution in [0.2, 0.25) is 0 Å². The van der Waals surface area contributed by atoms with Gasteiger partial charge in [0.25, 0.3) is 5.91 Å². The smallest absolute Gasteiger partial charge is 0.334 e. The average molecular weight is 596 g/mol. The first-order valence-electron chi connectivity index (χ1n) is 12.3. The van der Waals surface area contributed by atoms with Crippen LogP contribution in [-0.2, 0) is 29.0 Å². The number of thiophene rings is 1. The van der Waals surface area contributed by atoms with Crippen LogP contribution >= 0.6 is 23.1 Å². The molecule has 2 aromatic heterocycles. The molecule has 2 aliphatic heterocycles. The van der Waals surface area contributed by atoms with Crippen molar-refractivity contribution in [2.45, 2.75) is 47.8 Å². The van der Waals surface area contributed by atoms with Gasteiger partial charge in [-0.25, -0.2) is 18.4 Å². The highest BCUT2D eigenvalue weighted by atomic mass is 32.2. The number of carbonyl (C=O) groups is 1. The summed E-state index contributed by atoms with van der Waals surface area (Å²) in [5.74, 6) is -0.787. The Balaban J connectivity index is 1.44. The number of aromatic nitrogens is 2. The number of nitrogens with zero attached hydrogens (tertiary/aromatic N) is 3. The number of hydrogen-bond donors (Lipinski definition) is 2. The second-order valence-corrected chi connectivity index (χ2v) is 13.7. The number of nitrogens with one attached hydrogen (secondary N) is 2. The number of hydrogen-bond acceptors (Lipinski definition) is 9. The minimum absolute atomic E-state index is 0.0252. The van der Waals surface area contributed by atoms with Gasteiger partial charge in [0.2, 0.25) is 5.95 Å². The fourth-order valence-corrected chi connectivity index (χ4v) is 8.41. The van der Waals surface area contributed by atoms with Gasteiger partial charge in [0.05, 0.1) is 26.9 Å². The first-order valence-corrected chi connectivity index (χ1v) is 16.0. The number of amides is 1. The number of benzene rings is 1. The summed E-state index contributed by atoms with van der Waals surface area (Å²) in [6, 6.07) is 5.14. The number of anilines is 2.